The Morgan fingerprint density at radius 1 is 0.971 bits per heavy atom. The van der Waals surface area contributed by atoms with Crippen molar-refractivity contribution in [2.24, 2.45) is 17.8 Å². The lowest BCUT2D eigenvalue weighted by molar-refractivity contribution is -0.143. The summed E-state index contributed by atoms with van der Waals surface area (Å²) in [4.78, 5) is 17.1. The summed E-state index contributed by atoms with van der Waals surface area (Å²) in [6, 6.07) is 21.3. The summed E-state index contributed by atoms with van der Waals surface area (Å²) in [6.45, 7) is 9.45. The van der Waals surface area contributed by atoms with E-state index < -0.39 is 5.97 Å². The van der Waals surface area contributed by atoms with Gasteiger partial charge in [-0.05, 0) is 74.1 Å². The van der Waals surface area contributed by atoms with E-state index >= 15 is 0 Å². The van der Waals surface area contributed by atoms with E-state index in [1.807, 2.05) is 0 Å². The Bertz CT molecular complexity index is 893. The molecule has 2 aromatic rings. The minimum absolute atomic E-state index is 0.374. The van der Waals surface area contributed by atoms with Gasteiger partial charge in [0.1, 0.15) is 6.04 Å². The smallest absolute Gasteiger partial charge is 0.320 e. The molecule has 3 atom stereocenters. The first-order chi connectivity index (χ1) is 17.0. The third kappa shape index (κ3) is 7.41. The molecule has 0 amide bonds. The second-order valence-electron chi connectivity index (χ2n) is 11.3. The Balaban J connectivity index is 1.32. The minimum Gasteiger partial charge on any atom is -0.480 e. The molecule has 1 N–H and O–H groups in total. The number of piperidine rings is 1. The lowest BCUT2D eigenvalue weighted by atomic mass is 9.87. The number of benzene rings is 2. The average Bonchev–Trinajstić information content (AvgIpc) is 3.28. The zero-order valence-corrected chi connectivity index (χ0v) is 21.7. The molecule has 1 unspecified atom stereocenters. The minimum atomic E-state index is -0.664. The van der Waals surface area contributed by atoms with Crippen molar-refractivity contribution in [3.63, 3.8) is 0 Å². The Morgan fingerprint density at radius 3 is 2.26 bits per heavy atom. The highest BCUT2D eigenvalue weighted by Crippen LogP contribution is 2.36. The van der Waals surface area contributed by atoms with Gasteiger partial charge in [-0.2, -0.15) is 0 Å². The number of hydrogen-bond donors (Lipinski definition) is 1. The number of nitrogens with zero attached hydrogens (tertiary/aromatic N) is 2. The molecule has 2 aliphatic heterocycles. The van der Waals surface area contributed by atoms with Crippen LogP contribution < -0.4 is 0 Å². The predicted octanol–water partition coefficient (Wildman–Crippen LogP) is 5.94. The Labute approximate surface area is 212 Å². The second-order valence-corrected chi connectivity index (χ2v) is 11.3. The van der Waals surface area contributed by atoms with Gasteiger partial charge in [0.05, 0.1) is 0 Å². The maximum atomic E-state index is 12.1. The number of aryl methyl sites for hydroxylation is 1. The molecule has 0 aliphatic carbocycles. The van der Waals surface area contributed by atoms with Gasteiger partial charge in [0.2, 0.25) is 0 Å². The maximum absolute atomic E-state index is 12.1. The average molecular weight is 477 g/mol. The van der Waals surface area contributed by atoms with E-state index in [4.69, 9.17) is 0 Å². The Hall–Kier alpha value is -2.17. The van der Waals surface area contributed by atoms with Crippen molar-refractivity contribution >= 4 is 5.97 Å². The summed E-state index contributed by atoms with van der Waals surface area (Å²) in [7, 11) is 0. The first-order valence-electron chi connectivity index (χ1n) is 13.8. The molecule has 2 aliphatic rings. The van der Waals surface area contributed by atoms with Gasteiger partial charge in [-0.3, -0.25) is 9.69 Å². The molecular weight excluding hydrogens is 432 g/mol. The van der Waals surface area contributed by atoms with Crippen molar-refractivity contribution in [3.8, 4) is 0 Å². The van der Waals surface area contributed by atoms with Crippen molar-refractivity contribution in [1.82, 2.24) is 9.80 Å². The maximum Gasteiger partial charge on any atom is 0.320 e. The number of carbonyl (C=O) groups is 1. The van der Waals surface area contributed by atoms with E-state index in [0.29, 0.717) is 17.8 Å². The number of aliphatic carboxylic acids is 1. The summed E-state index contributed by atoms with van der Waals surface area (Å²) in [6.07, 6.45) is 7.13. The molecule has 4 rings (SSSR count). The van der Waals surface area contributed by atoms with Gasteiger partial charge in [0.25, 0.3) is 0 Å². The fourth-order valence-corrected chi connectivity index (χ4v) is 6.30. The van der Waals surface area contributed by atoms with Crippen LogP contribution in [0.4, 0.5) is 0 Å². The van der Waals surface area contributed by atoms with E-state index in [2.05, 4.69) is 84.3 Å². The molecule has 4 nitrogen and oxygen atoms in total. The number of hydrogen-bond acceptors (Lipinski definition) is 3. The van der Waals surface area contributed by atoms with Crippen molar-refractivity contribution in [1.29, 1.82) is 0 Å². The topological polar surface area (TPSA) is 43.8 Å². The van der Waals surface area contributed by atoms with Crippen LogP contribution in [0.5, 0.6) is 0 Å². The highest BCUT2D eigenvalue weighted by atomic mass is 16.4. The molecular formula is C31H44N2O2. The van der Waals surface area contributed by atoms with Gasteiger partial charge in [-0.15, -0.1) is 0 Å². The van der Waals surface area contributed by atoms with E-state index in [-0.39, 0.29) is 6.04 Å². The molecule has 0 aromatic heterocycles. The molecule has 0 bridgehead atoms. The van der Waals surface area contributed by atoms with E-state index in [9.17, 15) is 9.90 Å². The lowest BCUT2D eigenvalue weighted by Crippen LogP contribution is -2.42. The van der Waals surface area contributed by atoms with Gasteiger partial charge in [0.15, 0.2) is 0 Å². The van der Waals surface area contributed by atoms with Crippen molar-refractivity contribution in [2.75, 3.05) is 32.7 Å². The van der Waals surface area contributed by atoms with Crippen LogP contribution >= 0.6 is 0 Å². The summed E-state index contributed by atoms with van der Waals surface area (Å²) >= 11 is 0. The SMILES string of the molecule is CC(C)C[C@H](C(=O)O)N1CC(CN2CCC(CCCc3ccccc3)CC2)[C@@H](c2ccccc2)C1. The molecule has 4 heteroatoms. The third-order valence-electron chi connectivity index (χ3n) is 8.24. The fraction of sp³-hybridized carbons (Fsp3) is 0.581. The molecule has 35 heavy (non-hydrogen) atoms. The van der Waals surface area contributed by atoms with Crippen LogP contribution in [0, 0.1) is 17.8 Å². The molecule has 0 spiro atoms. The Kier molecular flexibility index (Phi) is 9.39. The number of carboxylic acid groups (broad SMARTS) is 1. The highest BCUT2D eigenvalue weighted by Gasteiger charge is 2.40. The van der Waals surface area contributed by atoms with Crippen LogP contribution in [0.15, 0.2) is 60.7 Å². The van der Waals surface area contributed by atoms with E-state index in [1.54, 1.807) is 0 Å². The summed E-state index contributed by atoms with van der Waals surface area (Å²) in [5, 5.41) is 9.97. The monoisotopic (exact) mass is 476 g/mol. The van der Waals surface area contributed by atoms with E-state index in [1.165, 1.54) is 56.3 Å². The number of likely N-dealkylation sites (tertiary alicyclic amines) is 2. The van der Waals surface area contributed by atoms with Crippen LogP contribution in [0.25, 0.3) is 0 Å². The predicted molar refractivity (Wildman–Crippen MR) is 144 cm³/mol. The summed E-state index contributed by atoms with van der Waals surface area (Å²) in [5.74, 6) is 1.46. The quantitative estimate of drug-likeness (QED) is 0.436. The van der Waals surface area contributed by atoms with Gasteiger partial charge in [-0.1, -0.05) is 80.9 Å². The van der Waals surface area contributed by atoms with E-state index in [0.717, 1.165) is 32.0 Å². The van der Waals surface area contributed by atoms with Crippen LogP contribution in [0.3, 0.4) is 0 Å². The fourth-order valence-electron chi connectivity index (χ4n) is 6.30. The van der Waals surface area contributed by atoms with Gasteiger partial charge >= 0.3 is 5.97 Å². The van der Waals surface area contributed by atoms with Crippen molar-refractivity contribution < 1.29 is 9.90 Å². The van der Waals surface area contributed by atoms with Gasteiger partial charge < -0.3 is 10.0 Å². The molecule has 190 valence electrons. The lowest BCUT2D eigenvalue weighted by Gasteiger charge is -2.35. The molecule has 2 heterocycles. The van der Waals surface area contributed by atoms with Crippen LogP contribution in [-0.2, 0) is 11.2 Å². The normalized spacial score (nSPS) is 23.1. The van der Waals surface area contributed by atoms with Gasteiger partial charge in [-0.25, -0.2) is 0 Å². The zero-order chi connectivity index (χ0) is 24.6. The van der Waals surface area contributed by atoms with Gasteiger partial charge in [0, 0.05) is 25.6 Å². The highest BCUT2D eigenvalue weighted by molar-refractivity contribution is 5.73. The van der Waals surface area contributed by atoms with Crippen LogP contribution in [-0.4, -0.2) is 59.6 Å². The molecule has 0 saturated carbocycles. The second kappa shape index (κ2) is 12.7. The third-order valence-corrected chi connectivity index (χ3v) is 8.24. The number of rotatable bonds is 11. The first-order valence-corrected chi connectivity index (χ1v) is 13.8. The largest absolute Gasteiger partial charge is 0.480 e. The molecule has 2 saturated heterocycles. The summed E-state index contributed by atoms with van der Waals surface area (Å²) in [5.41, 5.74) is 2.82. The van der Waals surface area contributed by atoms with Crippen molar-refractivity contribution in [2.45, 2.75) is 64.3 Å². The standard InChI is InChI=1S/C31H44N2O2/c1-24(2)20-30(31(34)35)33-22-28(29(23-33)27-14-7-4-8-15-27)21-32-18-16-26(17-19-32)13-9-12-25-10-5-3-6-11-25/h3-8,10-11,14-15,24,26,28-30H,9,12-13,16-23H2,1-2H3,(H,34,35)/t28?,29-,30-/m1/s1. The molecule has 2 fully saturated rings. The van der Waals surface area contributed by atoms with Crippen LogP contribution in [0.2, 0.25) is 0 Å². The van der Waals surface area contributed by atoms with Crippen molar-refractivity contribution in [3.05, 3.63) is 71.8 Å². The molecule has 0 radical (unpaired) electrons. The Morgan fingerprint density at radius 2 is 1.63 bits per heavy atom. The van der Waals surface area contributed by atoms with Crippen LogP contribution in [0.1, 0.15) is 63.0 Å². The summed E-state index contributed by atoms with van der Waals surface area (Å²) < 4.78 is 0. The zero-order valence-electron chi connectivity index (χ0n) is 21.7. The first kappa shape index (κ1) is 25.9. The molecule has 2 aromatic carbocycles. The number of carboxylic acids is 1.